The van der Waals surface area contributed by atoms with E-state index >= 15 is 0 Å². The number of hydrogen-bond donors (Lipinski definition) is 1. The molecule has 0 aromatic heterocycles. The third-order valence-electron chi connectivity index (χ3n) is 3.86. The molecule has 2 fully saturated rings. The van der Waals surface area contributed by atoms with Crippen molar-refractivity contribution in [3.63, 3.8) is 0 Å². The van der Waals surface area contributed by atoms with Crippen LogP contribution in [0.2, 0.25) is 0 Å². The van der Waals surface area contributed by atoms with Crippen molar-refractivity contribution >= 4 is 0 Å². The Morgan fingerprint density at radius 1 is 1.47 bits per heavy atom. The average molecular weight is 210 g/mol. The molecule has 1 N–H and O–H groups in total. The minimum Gasteiger partial charge on any atom is -0.390 e. The number of aliphatic hydroxyl groups is 1. The summed E-state index contributed by atoms with van der Waals surface area (Å²) in [4.78, 5) is 0. The Bertz CT molecular complexity index is 293. The maximum absolute atomic E-state index is 10.1. The first-order chi connectivity index (χ1) is 7.22. The standard InChI is InChI=1S/C12H18O3/c1-8-3-2-4-10(13)12(7-14-12)11-9(15-11)6-5-8/h3,9-11,13H,2,4-7H2,1H3/b8-3+/t9-,10+,11-,12-/m1/s1. The Kier molecular flexibility index (Phi) is 2.16. The maximum atomic E-state index is 10.1. The fourth-order valence-corrected chi connectivity index (χ4v) is 2.63. The molecule has 3 aliphatic rings. The largest absolute Gasteiger partial charge is 0.390 e. The lowest BCUT2D eigenvalue weighted by atomic mass is 9.90. The van der Waals surface area contributed by atoms with E-state index in [0.717, 1.165) is 25.7 Å². The molecule has 0 aromatic rings. The van der Waals surface area contributed by atoms with E-state index in [1.165, 1.54) is 5.57 Å². The van der Waals surface area contributed by atoms with Gasteiger partial charge >= 0.3 is 0 Å². The molecule has 1 spiro atoms. The molecule has 0 bridgehead atoms. The summed E-state index contributed by atoms with van der Waals surface area (Å²) in [5.41, 5.74) is 1.09. The van der Waals surface area contributed by atoms with Gasteiger partial charge in [-0.15, -0.1) is 0 Å². The van der Waals surface area contributed by atoms with Crippen LogP contribution < -0.4 is 0 Å². The molecule has 0 saturated carbocycles. The van der Waals surface area contributed by atoms with Crippen molar-refractivity contribution < 1.29 is 14.6 Å². The molecule has 3 rings (SSSR count). The molecule has 4 atom stereocenters. The Balaban J connectivity index is 1.75. The molecular formula is C12H18O3. The lowest BCUT2D eigenvalue weighted by Crippen LogP contribution is -2.36. The second-order valence-electron chi connectivity index (χ2n) is 5.02. The van der Waals surface area contributed by atoms with E-state index in [-0.39, 0.29) is 17.8 Å². The third-order valence-corrected chi connectivity index (χ3v) is 3.86. The Hall–Kier alpha value is -0.380. The minimum atomic E-state index is -0.352. The molecule has 84 valence electrons. The van der Waals surface area contributed by atoms with E-state index in [0.29, 0.717) is 12.7 Å². The van der Waals surface area contributed by atoms with Crippen LogP contribution in [-0.4, -0.2) is 35.6 Å². The van der Waals surface area contributed by atoms with Crippen molar-refractivity contribution in [1.82, 2.24) is 0 Å². The number of hydrogen-bond acceptors (Lipinski definition) is 3. The molecule has 1 aliphatic carbocycles. The number of allylic oxidation sites excluding steroid dienone is 2. The molecule has 3 nitrogen and oxygen atoms in total. The summed E-state index contributed by atoms with van der Waals surface area (Å²) in [5, 5.41) is 10.1. The monoisotopic (exact) mass is 210 g/mol. The van der Waals surface area contributed by atoms with Crippen molar-refractivity contribution in [3.8, 4) is 0 Å². The molecule has 0 aromatic carbocycles. The predicted octanol–water partition coefficient (Wildman–Crippen LogP) is 1.40. The third kappa shape index (κ3) is 1.63. The minimum absolute atomic E-state index is 0.165. The van der Waals surface area contributed by atoms with Crippen molar-refractivity contribution in [2.45, 2.75) is 56.5 Å². The van der Waals surface area contributed by atoms with Crippen molar-refractivity contribution in [2.24, 2.45) is 0 Å². The van der Waals surface area contributed by atoms with Gasteiger partial charge in [-0.1, -0.05) is 11.6 Å². The summed E-state index contributed by atoms with van der Waals surface area (Å²) in [6.07, 6.45) is 6.32. The van der Waals surface area contributed by atoms with Crippen LogP contribution in [0.5, 0.6) is 0 Å². The van der Waals surface area contributed by atoms with Crippen LogP contribution in [0.25, 0.3) is 0 Å². The average Bonchev–Trinajstić information content (AvgIpc) is 3.07. The van der Waals surface area contributed by atoms with Gasteiger partial charge in [0.2, 0.25) is 0 Å². The van der Waals surface area contributed by atoms with E-state index in [9.17, 15) is 5.11 Å². The van der Waals surface area contributed by atoms with Gasteiger partial charge in [-0.2, -0.15) is 0 Å². The van der Waals surface area contributed by atoms with E-state index < -0.39 is 0 Å². The van der Waals surface area contributed by atoms with Crippen LogP contribution in [0, 0.1) is 0 Å². The quantitative estimate of drug-likeness (QED) is 0.485. The highest BCUT2D eigenvalue weighted by atomic mass is 16.7. The van der Waals surface area contributed by atoms with Gasteiger partial charge in [0.15, 0.2) is 0 Å². The summed E-state index contributed by atoms with van der Waals surface area (Å²) in [7, 11) is 0. The highest BCUT2D eigenvalue weighted by Crippen LogP contribution is 2.49. The van der Waals surface area contributed by atoms with Gasteiger partial charge in [-0.25, -0.2) is 0 Å². The fraction of sp³-hybridized carbons (Fsp3) is 0.833. The summed E-state index contributed by atoms with van der Waals surface area (Å²) in [6.45, 7) is 2.84. The lowest BCUT2D eigenvalue weighted by molar-refractivity contribution is 0.0510. The number of aliphatic hydroxyl groups excluding tert-OH is 1. The van der Waals surface area contributed by atoms with E-state index in [2.05, 4.69) is 13.0 Å². The van der Waals surface area contributed by atoms with Gasteiger partial charge in [0.25, 0.3) is 0 Å². The zero-order chi connectivity index (χ0) is 10.5. The number of fused-ring (bicyclic) bond motifs is 2. The zero-order valence-corrected chi connectivity index (χ0v) is 9.11. The van der Waals surface area contributed by atoms with Gasteiger partial charge < -0.3 is 14.6 Å². The second kappa shape index (κ2) is 3.30. The van der Waals surface area contributed by atoms with Gasteiger partial charge in [0.1, 0.15) is 11.7 Å². The Morgan fingerprint density at radius 3 is 3.00 bits per heavy atom. The predicted molar refractivity (Wildman–Crippen MR) is 55.6 cm³/mol. The zero-order valence-electron chi connectivity index (χ0n) is 9.11. The number of epoxide rings is 2. The SMILES string of the molecule is C/C1=C\CC[C@H](O)[C@]2(CO2)[C@@H]2O[C@@H]2CC1. The Labute approximate surface area is 90.1 Å². The van der Waals surface area contributed by atoms with Gasteiger partial charge in [-0.05, 0) is 32.6 Å². The molecule has 0 amide bonds. The topological polar surface area (TPSA) is 45.3 Å². The van der Waals surface area contributed by atoms with Crippen LogP contribution in [0.15, 0.2) is 11.6 Å². The summed E-state index contributed by atoms with van der Waals surface area (Å²) in [5.74, 6) is 0. The van der Waals surface area contributed by atoms with Crippen molar-refractivity contribution in [1.29, 1.82) is 0 Å². The van der Waals surface area contributed by atoms with Crippen molar-refractivity contribution in [2.75, 3.05) is 6.61 Å². The first kappa shape index (κ1) is 9.82. The molecule has 2 aliphatic heterocycles. The first-order valence-electron chi connectivity index (χ1n) is 5.85. The highest BCUT2D eigenvalue weighted by molar-refractivity contribution is 5.15. The van der Waals surface area contributed by atoms with Crippen LogP contribution in [-0.2, 0) is 9.47 Å². The van der Waals surface area contributed by atoms with Gasteiger partial charge in [-0.3, -0.25) is 0 Å². The van der Waals surface area contributed by atoms with Crippen LogP contribution >= 0.6 is 0 Å². The summed E-state index contributed by atoms with van der Waals surface area (Å²) in [6, 6.07) is 0. The Morgan fingerprint density at radius 2 is 2.27 bits per heavy atom. The first-order valence-corrected chi connectivity index (χ1v) is 5.85. The van der Waals surface area contributed by atoms with Gasteiger partial charge in [0.05, 0.1) is 18.8 Å². The molecule has 0 unspecified atom stereocenters. The lowest BCUT2D eigenvalue weighted by Gasteiger charge is -2.17. The molecule has 2 saturated heterocycles. The number of ether oxygens (including phenoxy) is 2. The van der Waals surface area contributed by atoms with Crippen LogP contribution in [0.1, 0.15) is 32.6 Å². The fourth-order valence-electron chi connectivity index (χ4n) is 2.63. The van der Waals surface area contributed by atoms with Crippen LogP contribution in [0.3, 0.4) is 0 Å². The second-order valence-corrected chi connectivity index (χ2v) is 5.02. The molecular weight excluding hydrogens is 192 g/mol. The smallest absolute Gasteiger partial charge is 0.146 e. The molecule has 15 heavy (non-hydrogen) atoms. The number of rotatable bonds is 0. The summed E-state index contributed by atoms with van der Waals surface area (Å²) < 4.78 is 11.1. The maximum Gasteiger partial charge on any atom is 0.146 e. The normalized spacial score (nSPS) is 52.9. The van der Waals surface area contributed by atoms with E-state index in [1.54, 1.807) is 0 Å². The molecule has 0 radical (unpaired) electrons. The van der Waals surface area contributed by atoms with E-state index in [1.807, 2.05) is 0 Å². The van der Waals surface area contributed by atoms with Crippen LogP contribution in [0.4, 0.5) is 0 Å². The van der Waals surface area contributed by atoms with Gasteiger partial charge in [0, 0.05) is 0 Å². The summed E-state index contributed by atoms with van der Waals surface area (Å²) >= 11 is 0. The molecule has 2 heterocycles. The van der Waals surface area contributed by atoms with E-state index in [4.69, 9.17) is 9.47 Å². The molecule has 3 heteroatoms. The highest BCUT2D eigenvalue weighted by Gasteiger charge is 2.66. The van der Waals surface area contributed by atoms with Crippen molar-refractivity contribution in [3.05, 3.63) is 11.6 Å².